The number of anilines is 1. The summed E-state index contributed by atoms with van der Waals surface area (Å²) in [5.74, 6) is -0.465. The van der Waals surface area contributed by atoms with Gasteiger partial charge in [-0.05, 0) is 43.2 Å². The number of thiophene rings is 1. The fourth-order valence-corrected chi connectivity index (χ4v) is 6.73. The van der Waals surface area contributed by atoms with Crippen molar-refractivity contribution in [2.24, 2.45) is 0 Å². The highest BCUT2D eigenvalue weighted by atomic mass is 32.2. The van der Waals surface area contributed by atoms with E-state index in [-0.39, 0.29) is 12.3 Å². The highest BCUT2D eigenvalue weighted by Gasteiger charge is 2.29. The van der Waals surface area contributed by atoms with Crippen molar-refractivity contribution < 1.29 is 18.5 Å². The zero-order valence-electron chi connectivity index (χ0n) is 19.4. The predicted molar refractivity (Wildman–Crippen MR) is 138 cm³/mol. The molecule has 0 radical (unpaired) electrons. The lowest BCUT2D eigenvalue weighted by Crippen LogP contribution is -2.35. The Kier molecular flexibility index (Phi) is 6.59. The van der Waals surface area contributed by atoms with E-state index in [1.54, 1.807) is 42.2 Å². The lowest BCUT2D eigenvalue weighted by molar-refractivity contribution is 0.101. The first-order valence-corrected chi connectivity index (χ1v) is 13.3. The highest BCUT2D eigenvalue weighted by Crippen LogP contribution is 2.37. The molecule has 0 fully saturated rings. The highest BCUT2D eigenvalue weighted by molar-refractivity contribution is 7.83. The summed E-state index contributed by atoms with van der Waals surface area (Å²) in [7, 11) is -1.66. The first kappa shape index (κ1) is 23.8. The van der Waals surface area contributed by atoms with E-state index in [1.807, 2.05) is 30.3 Å². The normalized spacial score (nSPS) is 13.6. The van der Waals surface area contributed by atoms with Gasteiger partial charge in [-0.3, -0.25) is 4.79 Å². The van der Waals surface area contributed by atoms with Crippen molar-refractivity contribution in [2.45, 2.75) is 24.8 Å². The van der Waals surface area contributed by atoms with Crippen LogP contribution in [-0.2, 0) is 28.7 Å². The third kappa shape index (κ3) is 4.27. The third-order valence-corrected chi connectivity index (χ3v) is 8.46. The fourth-order valence-electron chi connectivity index (χ4n) is 4.26. The number of amides is 2. The van der Waals surface area contributed by atoms with Gasteiger partial charge in [0.1, 0.15) is 16.8 Å². The summed E-state index contributed by atoms with van der Waals surface area (Å²) in [6.07, 6.45) is 0.107. The number of nitriles is 1. The van der Waals surface area contributed by atoms with Crippen LogP contribution in [-0.4, -0.2) is 38.2 Å². The van der Waals surface area contributed by atoms with Gasteiger partial charge in [0.25, 0.3) is 5.91 Å². The largest absolute Gasteiger partial charge is 0.450 e. The van der Waals surface area contributed by atoms with Gasteiger partial charge in [0, 0.05) is 16.8 Å². The van der Waals surface area contributed by atoms with E-state index in [0.29, 0.717) is 40.5 Å². The van der Waals surface area contributed by atoms with Gasteiger partial charge in [-0.15, -0.1) is 11.3 Å². The van der Waals surface area contributed by atoms with Crippen molar-refractivity contribution in [3.8, 4) is 6.07 Å². The molecule has 1 unspecified atom stereocenters. The molecule has 1 atom stereocenters. The Morgan fingerprint density at radius 3 is 2.67 bits per heavy atom. The summed E-state index contributed by atoms with van der Waals surface area (Å²) in [5, 5.41) is 13.9. The number of aromatic nitrogens is 1. The second-order valence-electron chi connectivity index (χ2n) is 8.09. The maximum absolute atomic E-state index is 13.5. The van der Waals surface area contributed by atoms with Crippen LogP contribution in [0.25, 0.3) is 10.9 Å². The minimum Gasteiger partial charge on any atom is -0.450 e. The predicted octanol–water partition coefficient (Wildman–Crippen LogP) is 4.91. The molecule has 1 N–H and O–H groups in total. The lowest BCUT2D eigenvalue weighted by Gasteiger charge is -2.25. The zero-order valence-corrected chi connectivity index (χ0v) is 21.0. The number of carbonyl (C=O) groups excluding carboxylic acids is 2. The molecule has 0 aliphatic carbocycles. The van der Waals surface area contributed by atoms with Crippen LogP contribution in [0.4, 0.5) is 9.80 Å². The number of hydrogen-bond acceptors (Lipinski definition) is 6. The number of para-hydroxylation sites is 1. The summed E-state index contributed by atoms with van der Waals surface area (Å²) in [4.78, 5) is 28.7. The standard InChI is InChI=1S/C26H22N4O4S2/c1-2-34-26(32)29-13-12-19-20(15-27)25(35-23(19)16-29)28-24(31)22-14-17-8-6-7-11-21(17)30(22)36(33)18-9-4-3-5-10-18/h3-11,14H,2,12-13,16H2,1H3,(H,28,31). The quantitative estimate of drug-likeness (QED) is 0.404. The number of carbonyl (C=O) groups is 2. The second kappa shape index (κ2) is 9.97. The number of benzene rings is 2. The van der Waals surface area contributed by atoms with Gasteiger partial charge >= 0.3 is 6.09 Å². The van der Waals surface area contributed by atoms with Crippen LogP contribution in [0.2, 0.25) is 0 Å². The number of ether oxygens (including phenoxy) is 1. The van der Waals surface area contributed by atoms with Gasteiger partial charge in [0.2, 0.25) is 0 Å². The maximum Gasteiger partial charge on any atom is 0.410 e. The van der Waals surface area contributed by atoms with E-state index in [2.05, 4.69) is 11.4 Å². The lowest BCUT2D eigenvalue weighted by atomic mass is 10.0. The molecule has 0 saturated carbocycles. The Bertz CT molecular complexity index is 1530. The van der Waals surface area contributed by atoms with E-state index in [9.17, 15) is 19.1 Å². The summed E-state index contributed by atoms with van der Waals surface area (Å²) < 4.78 is 20.2. The molecule has 8 nitrogen and oxygen atoms in total. The topological polar surface area (TPSA) is 104 Å². The van der Waals surface area contributed by atoms with Crippen molar-refractivity contribution in [1.29, 1.82) is 5.26 Å². The number of nitrogens with one attached hydrogen (secondary N) is 1. The van der Waals surface area contributed by atoms with Crippen LogP contribution in [0, 0.1) is 11.3 Å². The number of hydrogen-bond donors (Lipinski definition) is 1. The van der Waals surface area contributed by atoms with Crippen molar-refractivity contribution in [3.05, 3.63) is 82.4 Å². The Hall–Kier alpha value is -3.94. The zero-order chi connectivity index (χ0) is 25.2. The van der Waals surface area contributed by atoms with Crippen molar-refractivity contribution in [1.82, 2.24) is 8.87 Å². The fraction of sp³-hybridized carbons (Fsp3) is 0.192. The van der Waals surface area contributed by atoms with Crippen LogP contribution in [0.3, 0.4) is 0 Å². The smallest absolute Gasteiger partial charge is 0.410 e. The molecule has 36 heavy (non-hydrogen) atoms. The Labute approximate surface area is 214 Å². The molecule has 182 valence electrons. The molecule has 5 rings (SSSR count). The molecular formula is C26H22N4O4S2. The van der Waals surface area contributed by atoms with E-state index < -0.39 is 23.0 Å². The monoisotopic (exact) mass is 518 g/mol. The second-order valence-corrected chi connectivity index (χ2v) is 10.5. The minimum atomic E-state index is -1.66. The van der Waals surface area contributed by atoms with Crippen molar-refractivity contribution >= 4 is 50.2 Å². The molecule has 2 amide bonds. The van der Waals surface area contributed by atoms with Crippen LogP contribution in [0.1, 0.15) is 33.4 Å². The van der Waals surface area contributed by atoms with Crippen LogP contribution in [0.5, 0.6) is 0 Å². The van der Waals surface area contributed by atoms with Crippen LogP contribution >= 0.6 is 11.3 Å². The molecule has 0 saturated heterocycles. The first-order chi connectivity index (χ1) is 17.5. The number of nitrogens with zero attached hydrogens (tertiary/aromatic N) is 3. The SMILES string of the molecule is CCOC(=O)N1CCc2c(sc(NC(=O)c3cc4ccccc4n3S(=O)c3ccccc3)c2C#N)C1. The molecule has 2 aromatic carbocycles. The molecule has 1 aliphatic heterocycles. The summed E-state index contributed by atoms with van der Waals surface area (Å²) >= 11 is 1.28. The molecule has 4 aromatic rings. The molecular weight excluding hydrogens is 496 g/mol. The molecule has 0 bridgehead atoms. The van der Waals surface area contributed by atoms with Crippen LogP contribution in [0.15, 0.2) is 65.6 Å². The van der Waals surface area contributed by atoms with Gasteiger partial charge in [0.15, 0.2) is 11.0 Å². The average molecular weight is 519 g/mol. The van der Waals surface area contributed by atoms with Gasteiger partial charge in [-0.1, -0.05) is 36.4 Å². The van der Waals surface area contributed by atoms with Crippen molar-refractivity contribution in [2.75, 3.05) is 18.5 Å². The van der Waals surface area contributed by atoms with E-state index in [0.717, 1.165) is 15.8 Å². The molecule has 0 spiro atoms. The summed E-state index contributed by atoms with van der Waals surface area (Å²) in [6.45, 7) is 2.80. The summed E-state index contributed by atoms with van der Waals surface area (Å²) in [6, 6.07) is 20.2. The van der Waals surface area contributed by atoms with Gasteiger partial charge in [0.05, 0.1) is 29.1 Å². The Morgan fingerprint density at radius 2 is 1.92 bits per heavy atom. The van der Waals surface area contributed by atoms with Gasteiger partial charge in [-0.25, -0.2) is 13.0 Å². The number of rotatable bonds is 5. The third-order valence-electron chi connectivity index (χ3n) is 5.93. The Morgan fingerprint density at radius 1 is 1.17 bits per heavy atom. The molecule has 2 aromatic heterocycles. The molecule has 3 heterocycles. The van der Waals surface area contributed by atoms with Crippen molar-refractivity contribution in [3.63, 3.8) is 0 Å². The van der Waals surface area contributed by atoms with Crippen LogP contribution < -0.4 is 5.32 Å². The van der Waals surface area contributed by atoms with E-state index in [4.69, 9.17) is 4.74 Å². The Balaban J connectivity index is 1.50. The van der Waals surface area contributed by atoms with Gasteiger partial charge < -0.3 is 15.0 Å². The minimum absolute atomic E-state index is 0.224. The maximum atomic E-state index is 13.5. The van der Waals surface area contributed by atoms with E-state index >= 15 is 0 Å². The van der Waals surface area contributed by atoms with Gasteiger partial charge in [-0.2, -0.15) is 5.26 Å². The average Bonchev–Trinajstić information content (AvgIpc) is 3.46. The first-order valence-electron chi connectivity index (χ1n) is 11.4. The summed E-state index contributed by atoms with van der Waals surface area (Å²) in [5.41, 5.74) is 2.13. The number of fused-ring (bicyclic) bond motifs is 2. The molecule has 1 aliphatic rings. The molecule has 10 heteroatoms. The van der Waals surface area contributed by atoms with E-state index in [1.165, 1.54) is 15.3 Å².